The van der Waals surface area contributed by atoms with Crippen LogP contribution in [0.3, 0.4) is 0 Å². The Kier molecular flexibility index (Phi) is 4.51. The molecule has 0 spiro atoms. The summed E-state index contributed by atoms with van der Waals surface area (Å²) in [7, 11) is 1.44. The van der Waals surface area contributed by atoms with Crippen LogP contribution in [0, 0.1) is 0 Å². The largest absolute Gasteiger partial charge is 0.496 e. The maximum absolute atomic E-state index is 11.8. The molecule has 1 amide bonds. The average Bonchev–Trinajstić information content (AvgIpc) is 2.28. The van der Waals surface area contributed by atoms with Gasteiger partial charge in [-0.1, -0.05) is 15.9 Å². The molecule has 1 atom stereocenters. The molecule has 2 N–H and O–H groups in total. The molecule has 0 fully saturated rings. The third kappa shape index (κ3) is 3.45. The van der Waals surface area contributed by atoms with Gasteiger partial charge in [0.05, 0.1) is 12.7 Å². The molecule has 1 aromatic rings. The van der Waals surface area contributed by atoms with Crippen LogP contribution in [0.5, 0.6) is 5.75 Å². The number of halogens is 1. The maximum Gasteiger partial charge on any atom is 0.325 e. The topological polar surface area (TPSA) is 75.6 Å². The number of carbonyl (C=O) groups excluding carboxylic acids is 1. The summed E-state index contributed by atoms with van der Waals surface area (Å²) in [5, 5.41) is 11.1. The van der Waals surface area contributed by atoms with Gasteiger partial charge in [0.15, 0.2) is 0 Å². The number of carbonyl (C=O) groups is 2. The Labute approximate surface area is 107 Å². The number of benzene rings is 1. The van der Waals surface area contributed by atoms with Crippen molar-refractivity contribution in [3.8, 4) is 5.75 Å². The summed E-state index contributed by atoms with van der Waals surface area (Å²) in [5.41, 5.74) is 0.295. The highest BCUT2D eigenvalue weighted by molar-refractivity contribution is 9.10. The van der Waals surface area contributed by atoms with Crippen molar-refractivity contribution in [3.63, 3.8) is 0 Å². The lowest BCUT2D eigenvalue weighted by Gasteiger charge is -2.12. The van der Waals surface area contributed by atoms with E-state index in [-0.39, 0.29) is 0 Å². The van der Waals surface area contributed by atoms with Crippen molar-refractivity contribution in [2.24, 2.45) is 0 Å². The van der Waals surface area contributed by atoms with E-state index in [1.165, 1.54) is 14.0 Å². The van der Waals surface area contributed by atoms with Crippen molar-refractivity contribution >= 4 is 27.8 Å². The molecule has 17 heavy (non-hydrogen) atoms. The molecule has 0 saturated carbocycles. The SMILES string of the molecule is COc1cc(Br)ccc1C(=O)NC(C)C(=O)O. The number of hydrogen-bond acceptors (Lipinski definition) is 3. The Hall–Kier alpha value is -1.56. The Bertz CT molecular complexity index is 447. The summed E-state index contributed by atoms with van der Waals surface area (Å²) in [6, 6.07) is 3.94. The van der Waals surface area contributed by atoms with Crippen LogP contribution in [-0.2, 0) is 4.79 Å². The molecule has 1 rings (SSSR count). The van der Waals surface area contributed by atoms with Crippen LogP contribution in [0.4, 0.5) is 0 Å². The number of carboxylic acids is 1. The molecular formula is C11H12BrNO4. The fraction of sp³-hybridized carbons (Fsp3) is 0.273. The van der Waals surface area contributed by atoms with E-state index >= 15 is 0 Å². The van der Waals surface area contributed by atoms with E-state index in [0.29, 0.717) is 11.3 Å². The monoisotopic (exact) mass is 301 g/mol. The van der Waals surface area contributed by atoms with E-state index in [1.54, 1.807) is 18.2 Å². The molecule has 0 radical (unpaired) electrons. The Balaban J connectivity index is 2.92. The minimum atomic E-state index is -1.09. The number of carboxylic acid groups (broad SMARTS) is 1. The smallest absolute Gasteiger partial charge is 0.325 e. The van der Waals surface area contributed by atoms with Crippen molar-refractivity contribution in [3.05, 3.63) is 28.2 Å². The van der Waals surface area contributed by atoms with E-state index < -0.39 is 17.9 Å². The number of nitrogens with one attached hydrogen (secondary N) is 1. The number of aliphatic carboxylic acids is 1. The lowest BCUT2D eigenvalue weighted by atomic mass is 10.1. The highest BCUT2D eigenvalue weighted by Crippen LogP contribution is 2.23. The van der Waals surface area contributed by atoms with Gasteiger partial charge in [0, 0.05) is 4.47 Å². The van der Waals surface area contributed by atoms with Gasteiger partial charge in [-0.05, 0) is 25.1 Å². The standard InChI is InChI=1S/C11H12BrNO4/c1-6(11(15)16)13-10(14)8-4-3-7(12)5-9(8)17-2/h3-6H,1-2H3,(H,13,14)(H,15,16). The van der Waals surface area contributed by atoms with Crippen LogP contribution in [0.25, 0.3) is 0 Å². The van der Waals surface area contributed by atoms with Crippen molar-refractivity contribution in [1.82, 2.24) is 5.32 Å². The van der Waals surface area contributed by atoms with Gasteiger partial charge in [-0.3, -0.25) is 9.59 Å². The molecule has 92 valence electrons. The molecule has 0 aromatic heterocycles. The second-order valence-corrected chi connectivity index (χ2v) is 4.29. The molecule has 0 bridgehead atoms. The lowest BCUT2D eigenvalue weighted by molar-refractivity contribution is -0.138. The van der Waals surface area contributed by atoms with Gasteiger partial charge in [0.2, 0.25) is 0 Å². The molecule has 1 aromatic carbocycles. The predicted molar refractivity (Wildman–Crippen MR) is 65.3 cm³/mol. The van der Waals surface area contributed by atoms with Gasteiger partial charge in [0.25, 0.3) is 5.91 Å². The first-order valence-corrected chi connectivity index (χ1v) is 5.62. The summed E-state index contributed by atoms with van der Waals surface area (Å²) in [4.78, 5) is 22.4. The van der Waals surface area contributed by atoms with Gasteiger partial charge >= 0.3 is 5.97 Å². The van der Waals surface area contributed by atoms with Crippen LogP contribution >= 0.6 is 15.9 Å². The van der Waals surface area contributed by atoms with Gasteiger partial charge in [-0.2, -0.15) is 0 Å². The summed E-state index contributed by atoms with van der Waals surface area (Å²) in [6.07, 6.45) is 0. The molecule has 0 aliphatic carbocycles. The molecule has 0 aliphatic heterocycles. The average molecular weight is 302 g/mol. The van der Waals surface area contributed by atoms with Crippen LogP contribution in [0.15, 0.2) is 22.7 Å². The predicted octanol–water partition coefficient (Wildman–Crippen LogP) is 1.66. The fourth-order valence-corrected chi connectivity index (χ4v) is 1.53. The fourth-order valence-electron chi connectivity index (χ4n) is 1.19. The van der Waals surface area contributed by atoms with E-state index in [1.807, 2.05) is 0 Å². The first kappa shape index (κ1) is 13.5. The lowest BCUT2D eigenvalue weighted by Crippen LogP contribution is -2.38. The van der Waals surface area contributed by atoms with Crippen molar-refractivity contribution in [2.45, 2.75) is 13.0 Å². The van der Waals surface area contributed by atoms with Gasteiger partial charge in [-0.15, -0.1) is 0 Å². The molecule has 6 heteroatoms. The molecule has 5 nitrogen and oxygen atoms in total. The number of hydrogen-bond donors (Lipinski definition) is 2. The number of rotatable bonds is 4. The van der Waals surface area contributed by atoms with Crippen molar-refractivity contribution < 1.29 is 19.4 Å². The van der Waals surface area contributed by atoms with Crippen molar-refractivity contribution in [1.29, 1.82) is 0 Å². The van der Waals surface area contributed by atoms with E-state index in [4.69, 9.17) is 9.84 Å². The van der Waals surface area contributed by atoms with Crippen LogP contribution in [0.1, 0.15) is 17.3 Å². The zero-order valence-electron chi connectivity index (χ0n) is 9.36. The minimum Gasteiger partial charge on any atom is -0.496 e. The summed E-state index contributed by atoms with van der Waals surface area (Å²) in [6.45, 7) is 1.39. The first-order valence-electron chi connectivity index (χ1n) is 4.83. The second-order valence-electron chi connectivity index (χ2n) is 3.38. The normalized spacial score (nSPS) is 11.7. The molecule has 0 saturated heterocycles. The second kappa shape index (κ2) is 5.67. The Morgan fingerprint density at radius 1 is 1.47 bits per heavy atom. The zero-order chi connectivity index (χ0) is 13.0. The quantitative estimate of drug-likeness (QED) is 0.887. The van der Waals surface area contributed by atoms with Crippen LogP contribution < -0.4 is 10.1 Å². The van der Waals surface area contributed by atoms with Gasteiger partial charge in [0.1, 0.15) is 11.8 Å². The van der Waals surface area contributed by atoms with Crippen LogP contribution in [-0.4, -0.2) is 30.1 Å². The Morgan fingerprint density at radius 3 is 2.65 bits per heavy atom. The van der Waals surface area contributed by atoms with E-state index in [2.05, 4.69) is 21.2 Å². The third-order valence-electron chi connectivity index (χ3n) is 2.13. The van der Waals surface area contributed by atoms with Crippen LogP contribution in [0.2, 0.25) is 0 Å². The summed E-state index contributed by atoms with van der Waals surface area (Å²) < 4.78 is 5.83. The zero-order valence-corrected chi connectivity index (χ0v) is 10.9. The first-order chi connectivity index (χ1) is 7.95. The highest BCUT2D eigenvalue weighted by atomic mass is 79.9. The summed E-state index contributed by atoms with van der Waals surface area (Å²) >= 11 is 3.25. The minimum absolute atomic E-state index is 0.295. The Morgan fingerprint density at radius 2 is 2.12 bits per heavy atom. The molecular weight excluding hydrogens is 290 g/mol. The molecule has 0 aliphatic rings. The van der Waals surface area contributed by atoms with Gasteiger partial charge in [-0.25, -0.2) is 0 Å². The third-order valence-corrected chi connectivity index (χ3v) is 2.62. The van der Waals surface area contributed by atoms with Gasteiger partial charge < -0.3 is 15.2 Å². The maximum atomic E-state index is 11.8. The number of amides is 1. The van der Waals surface area contributed by atoms with E-state index in [9.17, 15) is 9.59 Å². The van der Waals surface area contributed by atoms with E-state index in [0.717, 1.165) is 4.47 Å². The van der Waals surface area contributed by atoms with Crippen molar-refractivity contribution in [2.75, 3.05) is 7.11 Å². The summed E-state index contributed by atoms with van der Waals surface area (Å²) in [5.74, 6) is -1.19. The molecule has 0 heterocycles. The number of methoxy groups -OCH3 is 1. The highest BCUT2D eigenvalue weighted by Gasteiger charge is 2.18. The molecule has 1 unspecified atom stereocenters. The number of ether oxygens (including phenoxy) is 1.